The second kappa shape index (κ2) is 8.39. The van der Waals surface area contributed by atoms with Crippen LogP contribution in [0.5, 0.6) is 0 Å². The van der Waals surface area contributed by atoms with E-state index in [1.807, 2.05) is 26.1 Å². The minimum absolute atomic E-state index is 0.436. The summed E-state index contributed by atoms with van der Waals surface area (Å²) in [7, 11) is 1.89. The summed E-state index contributed by atoms with van der Waals surface area (Å²) in [6.07, 6.45) is 3.97. The molecule has 1 aliphatic heterocycles. The lowest BCUT2D eigenvalue weighted by molar-refractivity contribution is 0.211. The molecule has 0 unspecified atom stereocenters. The zero-order valence-corrected chi connectivity index (χ0v) is 16.5. The van der Waals surface area contributed by atoms with Crippen molar-refractivity contribution in [1.29, 1.82) is 0 Å². The molecule has 0 atom stereocenters. The summed E-state index contributed by atoms with van der Waals surface area (Å²) < 4.78 is 1.77. The van der Waals surface area contributed by atoms with Gasteiger partial charge < -0.3 is 10.6 Å². The average Bonchev–Trinajstić information content (AvgIpc) is 3.08. The van der Waals surface area contributed by atoms with Gasteiger partial charge in [-0.25, -0.2) is 4.98 Å². The number of piperidine rings is 1. The molecule has 0 radical (unpaired) electrons. The third kappa shape index (κ3) is 4.67. The maximum Gasteiger partial charge on any atom is 0.230 e. The van der Waals surface area contributed by atoms with E-state index in [1.54, 1.807) is 10.9 Å². The van der Waals surface area contributed by atoms with E-state index >= 15 is 0 Å². The van der Waals surface area contributed by atoms with Crippen molar-refractivity contribution in [3.05, 3.63) is 59.9 Å². The SMILES string of the molecule is Cc1cc(NC2CCN(Cc3ccccc3)CC2)nc(Nc2ccnn2C)n1. The molecule has 7 heteroatoms. The van der Waals surface area contributed by atoms with E-state index in [0.29, 0.717) is 12.0 Å². The molecule has 28 heavy (non-hydrogen) atoms. The lowest BCUT2D eigenvalue weighted by Gasteiger charge is -2.32. The quantitative estimate of drug-likeness (QED) is 0.687. The smallest absolute Gasteiger partial charge is 0.230 e. The Morgan fingerprint density at radius 2 is 1.86 bits per heavy atom. The van der Waals surface area contributed by atoms with Crippen molar-refractivity contribution >= 4 is 17.6 Å². The van der Waals surface area contributed by atoms with Crippen LogP contribution in [0.1, 0.15) is 24.1 Å². The van der Waals surface area contributed by atoms with Crippen molar-refractivity contribution in [2.75, 3.05) is 23.7 Å². The first-order valence-electron chi connectivity index (χ1n) is 9.79. The fraction of sp³-hybridized carbons (Fsp3) is 0.381. The van der Waals surface area contributed by atoms with Crippen LogP contribution in [0.3, 0.4) is 0 Å². The predicted molar refractivity (Wildman–Crippen MR) is 112 cm³/mol. The Morgan fingerprint density at radius 3 is 2.57 bits per heavy atom. The summed E-state index contributed by atoms with van der Waals surface area (Å²) in [6, 6.07) is 15.0. The zero-order chi connectivity index (χ0) is 19.3. The van der Waals surface area contributed by atoms with Crippen LogP contribution in [0.25, 0.3) is 0 Å². The topological polar surface area (TPSA) is 70.9 Å². The highest BCUT2D eigenvalue weighted by Crippen LogP contribution is 2.20. The molecule has 0 amide bonds. The third-order valence-electron chi connectivity index (χ3n) is 5.10. The van der Waals surface area contributed by atoms with E-state index in [4.69, 9.17) is 0 Å². The summed E-state index contributed by atoms with van der Waals surface area (Å²) in [4.78, 5) is 11.7. The number of hydrogen-bond donors (Lipinski definition) is 2. The van der Waals surface area contributed by atoms with Gasteiger partial charge in [-0.05, 0) is 25.3 Å². The molecule has 2 N–H and O–H groups in total. The number of aromatic nitrogens is 4. The molecule has 0 aliphatic carbocycles. The lowest BCUT2D eigenvalue weighted by Crippen LogP contribution is -2.38. The van der Waals surface area contributed by atoms with Crippen LogP contribution in [0.4, 0.5) is 17.6 Å². The molecule has 7 nitrogen and oxygen atoms in total. The first kappa shape index (κ1) is 18.4. The highest BCUT2D eigenvalue weighted by molar-refractivity contribution is 5.51. The van der Waals surface area contributed by atoms with Gasteiger partial charge in [-0.2, -0.15) is 10.1 Å². The summed E-state index contributed by atoms with van der Waals surface area (Å²) in [5, 5.41) is 11.0. The molecule has 2 aromatic heterocycles. The van der Waals surface area contributed by atoms with Gasteiger partial charge in [0.15, 0.2) is 0 Å². The van der Waals surface area contributed by atoms with Gasteiger partial charge in [0.2, 0.25) is 5.95 Å². The van der Waals surface area contributed by atoms with Crippen LogP contribution in [0, 0.1) is 6.92 Å². The molecule has 3 aromatic rings. The number of likely N-dealkylation sites (tertiary alicyclic amines) is 1. The minimum atomic E-state index is 0.436. The average molecular weight is 377 g/mol. The number of hydrogen-bond acceptors (Lipinski definition) is 6. The Labute approximate surface area is 165 Å². The molecule has 3 heterocycles. The summed E-state index contributed by atoms with van der Waals surface area (Å²) in [5.41, 5.74) is 2.31. The first-order valence-corrected chi connectivity index (χ1v) is 9.79. The van der Waals surface area contributed by atoms with E-state index in [1.165, 1.54) is 5.56 Å². The Kier molecular flexibility index (Phi) is 5.53. The van der Waals surface area contributed by atoms with E-state index in [2.05, 4.69) is 60.9 Å². The zero-order valence-electron chi connectivity index (χ0n) is 16.5. The van der Waals surface area contributed by atoms with Crippen molar-refractivity contribution in [1.82, 2.24) is 24.6 Å². The van der Waals surface area contributed by atoms with E-state index in [-0.39, 0.29) is 0 Å². The van der Waals surface area contributed by atoms with Crippen LogP contribution in [-0.4, -0.2) is 43.8 Å². The second-order valence-corrected chi connectivity index (χ2v) is 7.36. The van der Waals surface area contributed by atoms with Crippen LogP contribution in [-0.2, 0) is 13.6 Å². The fourth-order valence-corrected chi connectivity index (χ4v) is 3.60. The Balaban J connectivity index is 1.34. The summed E-state index contributed by atoms with van der Waals surface area (Å²) in [5.74, 6) is 2.33. The number of benzene rings is 1. The summed E-state index contributed by atoms with van der Waals surface area (Å²) in [6.45, 7) is 5.20. The van der Waals surface area contributed by atoms with Crippen LogP contribution < -0.4 is 10.6 Å². The molecular weight excluding hydrogens is 350 g/mol. The standard InChI is InChI=1S/C21H27N7/c1-16-14-19(25-21(23-16)26-20-8-11-22-27(20)2)24-18-9-12-28(13-10-18)15-17-6-4-3-5-7-17/h3-8,11,14,18H,9-10,12-13,15H2,1-2H3,(H2,23,24,25,26). The van der Waals surface area contributed by atoms with Gasteiger partial charge in [0.05, 0.1) is 6.20 Å². The molecule has 0 bridgehead atoms. The molecule has 1 aliphatic rings. The predicted octanol–water partition coefficient (Wildman–Crippen LogP) is 3.34. The fourth-order valence-electron chi connectivity index (χ4n) is 3.60. The molecular formula is C21H27N7. The van der Waals surface area contributed by atoms with Crippen LogP contribution >= 0.6 is 0 Å². The minimum Gasteiger partial charge on any atom is -0.367 e. The number of nitrogens with zero attached hydrogens (tertiary/aromatic N) is 5. The van der Waals surface area contributed by atoms with E-state index in [9.17, 15) is 0 Å². The normalized spacial score (nSPS) is 15.5. The van der Waals surface area contributed by atoms with Crippen molar-refractivity contribution in [2.45, 2.75) is 32.4 Å². The number of aryl methyl sites for hydroxylation is 2. The Morgan fingerprint density at radius 1 is 1.07 bits per heavy atom. The van der Waals surface area contributed by atoms with Gasteiger partial charge in [-0.15, -0.1) is 0 Å². The molecule has 1 saturated heterocycles. The highest BCUT2D eigenvalue weighted by atomic mass is 15.3. The lowest BCUT2D eigenvalue weighted by atomic mass is 10.0. The van der Waals surface area contributed by atoms with Gasteiger partial charge in [-0.3, -0.25) is 9.58 Å². The van der Waals surface area contributed by atoms with Crippen molar-refractivity contribution in [3.8, 4) is 0 Å². The Hall–Kier alpha value is -2.93. The van der Waals surface area contributed by atoms with Crippen LogP contribution in [0.2, 0.25) is 0 Å². The van der Waals surface area contributed by atoms with Crippen LogP contribution in [0.15, 0.2) is 48.7 Å². The molecule has 1 aromatic carbocycles. The van der Waals surface area contributed by atoms with Gasteiger partial charge in [0, 0.05) is 50.6 Å². The van der Waals surface area contributed by atoms with E-state index < -0.39 is 0 Å². The Bertz CT molecular complexity index is 898. The second-order valence-electron chi connectivity index (χ2n) is 7.36. The number of anilines is 3. The van der Waals surface area contributed by atoms with Crippen molar-refractivity contribution in [3.63, 3.8) is 0 Å². The third-order valence-corrected chi connectivity index (χ3v) is 5.10. The molecule has 4 rings (SSSR count). The maximum absolute atomic E-state index is 4.64. The molecule has 0 spiro atoms. The summed E-state index contributed by atoms with van der Waals surface area (Å²) >= 11 is 0. The largest absolute Gasteiger partial charge is 0.367 e. The first-order chi connectivity index (χ1) is 13.7. The highest BCUT2D eigenvalue weighted by Gasteiger charge is 2.20. The maximum atomic E-state index is 4.64. The monoisotopic (exact) mass is 377 g/mol. The molecule has 146 valence electrons. The van der Waals surface area contributed by atoms with Gasteiger partial charge in [0.1, 0.15) is 11.6 Å². The molecule has 0 saturated carbocycles. The molecule has 1 fully saturated rings. The number of nitrogens with one attached hydrogen (secondary N) is 2. The van der Waals surface area contributed by atoms with E-state index in [0.717, 1.165) is 49.8 Å². The van der Waals surface area contributed by atoms with Crippen molar-refractivity contribution in [2.24, 2.45) is 7.05 Å². The van der Waals surface area contributed by atoms with Crippen molar-refractivity contribution < 1.29 is 0 Å². The number of rotatable bonds is 6. The van der Waals surface area contributed by atoms with Gasteiger partial charge in [-0.1, -0.05) is 30.3 Å². The van der Waals surface area contributed by atoms with Gasteiger partial charge >= 0.3 is 0 Å². The van der Waals surface area contributed by atoms with Gasteiger partial charge in [0.25, 0.3) is 0 Å².